The molecule has 5 rings (SSSR count). The lowest BCUT2D eigenvalue weighted by molar-refractivity contribution is -0.118. The van der Waals surface area contributed by atoms with Crippen molar-refractivity contribution >= 4 is 40.7 Å². The number of hydrogen-bond donors (Lipinski definition) is 2. The number of allylic oxidation sites excluding steroid dienone is 2. The van der Waals surface area contributed by atoms with Crippen LogP contribution in [0.15, 0.2) is 84.0 Å². The molecule has 1 aliphatic carbocycles. The summed E-state index contributed by atoms with van der Waals surface area (Å²) in [6, 6.07) is 22.7. The van der Waals surface area contributed by atoms with Gasteiger partial charge in [-0.05, 0) is 71.8 Å². The maximum Gasteiger partial charge on any atom is 0.250 e. The molecule has 1 amide bonds. The van der Waals surface area contributed by atoms with Gasteiger partial charge in [0, 0.05) is 22.4 Å². The van der Waals surface area contributed by atoms with Crippen LogP contribution in [0.2, 0.25) is 5.02 Å². The first-order valence-electron chi connectivity index (χ1n) is 12.4. The van der Waals surface area contributed by atoms with E-state index in [0.29, 0.717) is 23.3 Å². The number of benzene rings is 3. The molecule has 5 nitrogen and oxygen atoms in total. The van der Waals surface area contributed by atoms with Gasteiger partial charge in [-0.15, -0.1) is 11.8 Å². The number of carbonyl (C=O) groups is 1. The summed E-state index contributed by atoms with van der Waals surface area (Å²) in [5, 5.41) is 8.88. The molecular weight excluding hydrogens is 502 g/mol. The van der Waals surface area contributed by atoms with Crippen molar-refractivity contribution < 1.29 is 9.53 Å². The Morgan fingerprint density at radius 1 is 1.16 bits per heavy atom. The first-order valence-corrected chi connectivity index (χ1v) is 13.9. The highest BCUT2D eigenvalue weighted by Gasteiger charge is 2.38. The Balaban J connectivity index is 1.24. The van der Waals surface area contributed by atoms with E-state index in [2.05, 4.69) is 58.3 Å². The number of nitrogens with zero attached hydrogens (tertiary/aromatic N) is 1. The van der Waals surface area contributed by atoms with E-state index in [0.717, 1.165) is 39.7 Å². The minimum absolute atomic E-state index is 0.128. The van der Waals surface area contributed by atoms with Gasteiger partial charge in [-0.2, -0.15) is 5.10 Å². The molecule has 1 aliphatic heterocycles. The predicted molar refractivity (Wildman–Crippen MR) is 154 cm³/mol. The van der Waals surface area contributed by atoms with Gasteiger partial charge in [-0.3, -0.25) is 4.79 Å². The molecule has 0 radical (unpaired) electrons. The van der Waals surface area contributed by atoms with E-state index < -0.39 is 0 Å². The summed E-state index contributed by atoms with van der Waals surface area (Å²) in [5.41, 5.74) is 9.20. The Morgan fingerprint density at radius 3 is 2.76 bits per heavy atom. The van der Waals surface area contributed by atoms with Gasteiger partial charge in [0.05, 0.1) is 24.6 Å². The number of nitrogens with one attached hydrogen (secondary N) is 2. The molecule has 190 valence electrons. The van der Waals surface area contributed by atoms with E-state index in [-0.39, 0.29) is 11.9 Å². The number of rotatable bonds is 8. The molecule has 0 bridgehead atoms. The summed E-state index contributed by atoms with van der Waals surface area (Å²) in [5.74, 6) is 2.53. The standard InChI is InChI=1S/C30H30ClN3O2S/c1-19(33-34-29(35)18-37-17-22-6-3-4-9-27(22)31)21-12-15-28-26(16-21)24-7-5-8-25(24)30(32-28)20-10-13-23(36-2)14-11-20/h3-7,9-16,24-25,30,32H,8,17-18H2,1-2H3,(H,34,35)/b33-19-/t24-,25+,30+/m1/s1. The van der Waals surface area contributed by atoms with E-state index in [9.17, 15) is 4.79 Å². The largest absolute Gasteiger partial charge is 0.497 e. The van der Waals surface area contributed by atoms with E-state index in [1.54, 1.807) is 7.11 Å². The molecule has 3 aromatic carbocycles. The zero-order valence-electron chi connectivity index (χ0n) is 20.9. The molecule has 2 aliphatic rings. The Hall–Kier alpha value is -3.22. The molecule has 0 saturated heterocycles. The summed E-state index contributed by atoms with van der Waals surface area (Å²) in [4.78, 5) is 12.3. The number of carbonyl (C=O) groups excluding carboxylic acids is 1. The van der Waals surface area contributed by atoms with Gasteiger partial charge in [0.15, 0.2) is 0 Å². The Bertz CT molecular complexity index is 1340. The number of methoxy groups -OCH3 is 1. The van der Waals surface area contributed by atoms with Gasteiger partial charge < -0.3 is 10.1 Å². The lowest BCUT2D eigenvalue weighted by Gasteiger charge is -2.37. The third-order valence-electron chi connectivity index (χ3n) is 7.05. The fourth-order valence-electron chi connectivity index (χ4n) is 5.07. The molecular formula is C30H30ClN3O2S. The number of thioether (sulfide) groups is 1. The Labute approximate surface area is 227 Å². The van der Waals surface area contributed by atoms with Crippen molar-refractivity contribution in [2.24, 2.45) is 11.0 Å². The maximum absolute atomic E-state index is 12.3. The van der Waals surface area contributed by atoms with Crippen molar-refractivity contribution in [2.75, 3.05) is 18.2 Å². The third-order valence-corrected chi connectivity index (χ3v) is 8.40. The summed E-state index contributed by atoms with van der Waals surface area (Å²) in [7, 11) is 1.69. The molecule has 0 unspecified atom stereocenters. The van der Waals surface area contributed by atoms with Crippen LogP contribution in [0.5, 0.6) is 5.75 Å². The highest BCUT2D eigenvalue weighted by atomic mass is 35.5. The average Bonchev–Trinajstić information content (AvgIpc) is 3.43. The average molecular weight is 532 g/mol. The fourth-order valence-corrected chi connectivity index (χ4v) is 6.18. The molecule has 0 saturated carbocycles. The highest BCUT2D eigenvalue weighted by molar-refractivity contribution is 7.99. The molecule has 37 heavy (non-hydrogen) atoms. The number of amides is 1. The zero-order chi connectivity index (χ0) is 25.8. The van der Waals surface area contributed by atoms with Crippen LogP contribution in [-0.2, 0) is 10.5 Å². The minimum Gasteiger partial charge on any atom is -0.497 e. The number of hydrogen-bond acceptors (Lipinski definition) is 5. The van der Waals surface area contributed by atoms with Crippen molar-refractivity contribution in [3.63, 3.8) is 0 Å². The molecule has 7 heteroatoms. The van der Waals surface area contributed by atoms with Crippen LogP contribution in [0.1, 0.15) is 47.6 Å². The van der Waals surface area contributed by atoms with Crippen LogP contribution in [-0.4, -0.2) is 24.5 Å². The van der Waals surface area contributed by atoms with Crippen LogP contribution in [0.3, 0.4) is 0 Å². The van der Waals surface area contributed by atoms with Gasteiger partial charge >= 0.3 is 0 Å². The minimum atomic E-state index is -0.128. The normalized spacial score (nSPS) is 20.1. The Morgan fingerprint density at radius 2 is 1.97 bits per heavy atom. The zero-order valence-corrected chi connectivity index (χ0v) is 22.5. The highest BCUT2D eigenvalue weighted by Crippen LogP contribution is 2.50. The lowest BCUT2D eigenvalue weighted by atomic mass is 9.76. The monoisotopic (exact) mass is 531 g/mol. The van der Waals surface area contributed by atoms with Crippen LogP contribution < -0.4 is 15.5 Å². The summed E-state index contributed by atoms with van der Waals surface area (Å²) in [6.45, 7) is 1.93. The van der Waals surface area contributed by atoms with Crippen molar-refractivity contribution in [1.29, 1.82) is 0 Å². The van der Waals surface area contributed by atoms with Gasteiger partial charge in [0.25, 0.3) is 0 Å². The first-order chi connectivity index (χ1) is 18.0. The van der Waals surface area contributed by atoms with Gasteiger partial charge in [0.2, 0.25) is 5.91 Å². The molecule has 3 aromatic rings. The summed E-state index contributed by atoms with van der Waals surface area (Å²) < 4.78 is 5.34. The van der Waals surface area contributed by atoms with Crippen LogP contribution in [0.25, 0.3) is 0 Å². The SMILES string of the molecule is COc1ccc([C@@H]2Nc3ccc(/C(C)=N\NC(=O)CSCc4ccccc4Cl)cc3[C@@H]3C=CC[C@@H]32)cc1. The lowest BCUT2D eigenvalue weighted by Crippen LogP contribution is -2.29. The topological polar surface area (TPSA) is 62.7 Å². The fraction of sp³-hybridized carbons (Fsp3) is 0.267. The van der Waals surface area contributed by atoms with E-state index in [1.807, 2.05) is 43.3 Å². The van der Waals surface area contributed by atoms with Crippen molar-refractivity contribution in [3.8, 4) is 5.75 Å². The van der Waals surface area contributed by atoms with Crippen molar-refractivity contribution in [1.82, 2.24) is 5.43 Å². The predicted octanol–water partition coefficient (Wildman–Crippen LogP) is 6.95. The van der Waals surface area contributed by atoms with E-state index in [4.69, 9.17) is 16.3 Å². The van der Waals surface area contributed by atoms with Gasteiger partial charge in [-0.1, -0.05) is 60.2 Å². The molecule has 0 fully saturated rings. The molecule has 0 spiro atoms. The molecule has 1 heterocycles. The number of hydrazone groups is 1. The van der Waals surface area contributed by atoms with Crippen molar-refractivity contribution in [3.05, 3.63) is 106 Å². The number of anilines is 1. The van der Waals surface area contributed by atoms with E-state index in [1.165, 1.54) is 22.9 Å². The molecule has 0 aromatic heterocycles. The van der Waals surface area contributed by atoms with Crippen LogP contribution >= 0.6 is 23.4 Å². The first kappa shape index (κ1) is 25.4. The van der Waals surface area contributed by atoms with Crippen molar-refractivity contribution in [2.45, 2.75) is 31.1 Å². The van der Waals surface area contributed by atoms with E-state index >= 15 is 0 Å². The molecule has 3 atom stereocenters. The maximum atomic E-state index is 12.3. The smallest absolute Gasteiger partial charge is 0.250 e. The van der Waals surface area contributed by atoms with Crippen LogP contribution in [0, 0.1) is 5.92 Å². The second-order valence-corrected chi connectivity index (χ2v) is 10.8. The Kier molecular flexibility index (Phi) is 7.87. The molecule has 2 N–H and O–H groups in total. The number of halogens is 1. The third kappa shape index (κ3) is 5.71. The quantitative estimate of drug-likeness (QED) is 0.187. The van der Waals surface area contributed by atoms with Crippen LogP contribution in [0.4, 0.5) is 5.69 Å². The summed E-state index contributed by atoms with van der Waals surface area (Å²) >= 11 is 7.71. The van der Waals surface area contributed by atoms with Gasteiger partial charge in [-0.25, -0.2) is 5.43 Å². The second kappa shape index (κ2) is 11.4. The number of fused-ring (bicyclic) bond motifs is 3. The van der Waals surface area contributed by atoms with Gasteiger partial charge in [0.1, 0.15) is 5.75 Å². The summed E-state index contributed by atoms with van der Waals surface area (Å²) in [6.07, 6.45) is 5.65. The second-order valence-electron chi connectivity index (χ2n) is 9.37. The number of ether oxygens (including phenoxy) is 1.